The quantitative estimate of drug-likeness (QED) is 0.675. The molecular weight excluding hydrogens is 226 g/mol. The van der Waals surface area contributed by atoms with Crippen molar-refractivity contribution in [1.29, 1.82) is 0 Å². The summed E-state index contributed by atoms with van der Waals surface area (Å²) in [7, 11) is 2.12. The van der Waals surface area contributed by atoms with E-state index in [-0.39, 0.29) is 5.91 Å². The van der Waals surface area contributed by atoms with Crippen molar-refractivity contribution in [2.75, 3.05) is 26.7 Å². The Bertz CT molecular complexity index is 237. The first kappa shape index (κ1) is 15.4. The van der Waals surface area contributed by atoms with Crippen LogP contribution >= 0.6 is 0 Å². The van der Waals surface area contributed by atoms with Gasteiger partial charge in [-0.2, -0.15) is 0 Å². The maximum atomic E-state index is 11.7. The highest BCUT2D eigenvalue weighted by Crippen LogP contribution is 2.09. The lowest BCUT2D eigenvalue weighted by molar-refractivity contribution is -0.121. The van der Waals surface area contributed by atoms with Crippen molar-refractivity contribution in [3.8, 4) is 0 Å². The molecule has 1 atom stereocenters. The first-order valence-electron chi connectivity index (χ1n) is 7.30. The summed E-state index contributed by atoms with van der Waals surface area (Å²) in [6.07, 6.45) is 5.31. The van der Waals surface area contributed by atoms with Crippen molar-refractivity contribution < 1.29 is 4.79 Å². The van der Waals surface area contributed by atoms with Crippen molar-refractivity contribution in [3.63, 3.8) is 0 Å². The summed E-state index contributed by atoms with van der Waals surface area (Å²) in [4.78, 5) is 14.0. The van der Waals surface area contributed by atoms with Crippen LogP contribution < -0.4 is 10.6 Å². The molecule has 0 aromatic carbocycles. The Balaban J connectivity index is 2.02. The Labute approximate surface area is 111 Å². The van der Waals surface area contributed by atoms with E-state index < -0.39 is 0 Å². The summed E-state index contributed by atoms with van der Waals surface area (Å²) < 4.78 is 0. The monoisotopic (exact) mass is 255 g/mol. The first-order valence-corrected chi connectivity index (χ1v) is 7.30. The van der Waals surface area contributed by atoms with E-state index in [0.29, 0.717) is 18.5 Å². The van der Waals surface area contributed by atoms with Crippen LogP contribution in [-0.4, -0.2) is 49.6 Å². The Hall–Kier alpha value is -0.610. The van der Waals surface area contributed by atoms with Gasteiger partial charge < -0.3 is 15.5 Å². The number of hydrogen-bond donors (Lipinski definition) is 2. The SMILES string of the molecule is CC(C)N(C)CCCNC(=O)CC1CCCCN1. The van der Waals surface area contributed by atoms with Crippen molar-refractivity contribution in [1.82, 2.24) is 15.5 Å². The Morgan fingerprint density at radius 3 is 2.83 bits per heavy atom. The molecule has 4 nitrogen and oxygen atoms in total. The number of nitrogens with one attached hydrogen (secondary N) is 2. The van der Waals surface area contributed by atoms with Gasteiger partial charge >= 0.3 is 0 Å². The van der Waals surface area contributed by atoms with Gasteiger partial charge in [0.15, 0.2) is 0 Å². The summed E-state index contributed by atoms with van der Waals surface area (Å²) >= 11 is 0. The van der Waals surface area contributed by atoms with Gasteiger partial charge in [-0.05, 0) is 53.2 Å². The first-order chi connectivity index (χ1) is 8.59. The lowest BCUT2D eigenvalue weighted by Gasteiger charge is -2.23. The number of piperidine rings is 1. The summed E-state index contributed by atoms with van der Waals surface area (Å²) in [6, 6.07) is 0.976. The molecule has 2 N–H and O–H groups in total. The molecule has 4 heteroatoms. The molecule has 1 aliphatic heterocycles. The van der Waals surface area contributed by atoms with Gasteiger partial charge in [-0.25, -0.2) is 0 Å². The fourth-order valence-corrected chi connectivity index (χ4v) is 2.21. The topological polar surface area (TPSA) is 44.4 Å². The van der Waals surface area contributed by atoms with E-state index in [0.717, 1.165) is 32.5 Å². The molecule has 1 heterocycles. The van der Waals surface area contributed by atoms with Gasteiger partial charge in [-0.3, -0.25) is 4.79 Å². The molecular formula is C14H29N3O. The fourth-order valence-electron chi connectivity index (χ4n) is 2.21. The second-order valence-corrected chi connectivity index (χ2v) is 5.63. The summed E-state index contributed by atoms with van der Waals surface area (Å²) in [5, 5.41) is 6.42. The molecule has 18 heavy (non-hydrogen) atoms. The minimum Gasteiger partial charge on any atom is -0.356 e. The van der Waals surface area contributed by atoms with Crippen molar-refractivity contribution in [3.05, 3.63) is 0 Å². The highest BCUT2D eigenvalue weighted by molar-refractivity contribution is 5.76. The molecule has 0 aromatic rings. The lowest BCUT2D eigenvalue weighted by Crippen LogP contribution is -2.39. The third-order valence-corrected chi connectivity index (χ3v) is 3.74. The van der Waals surface area contributed by atoms with Crippen LogP contribution in [0.25, 0.3) is 0 Å². The fraction of sp³-hybridized carbons (Fsp3) is 0.929. The minimum atomic E-state index is 0.196. The van der Waals surface area contributed by atoms with E-state index >= 15 is 0 Å². The number of carbonyl (C=O) groups excluding carboxylic acids is 1. The maximum absolute atomic E-state index is 11.7. The van der Waals surface area contributed by atoms with E-state index in [1.807, 2.05) is 0 Å². The third-order valence-electron chi connectivity index (χ3n) is 3.74. The van der Waals surface area contributed by atoms with Crippen molar-refractivity contribution in [2.45, 2.75) is 58.0 Å². The normalized spacial score (nSPS) is 20.4. The molecule has 0 radical (unpaired) electrons. The molecule has 1 aliphatic rings. The second-order valence-electron chi connectivity index (χ2n) is 5.63. The molecule has 0 aromatic heterocycles. The maximum Gasteiger partial charge on any atom is 0.221 e. The standard InChI is InChI=1S/C14H29N3O/c1-12(2)17(3)10-6-9-16-14(18)11-13-7-4-5-8-15-13/h12-13,15H,4-11H2,1-3H3,(H,16,18). The van der Waals surface area contributed by atoms with Crippen LogP contribution in [0.5, 0.6) is 0 Å². The third kappa shape index (κ3) is 6.36. The smallest absolute Gasteiger partial charge is 0.221 e. The molecule has 0 bridgehead atoms. The highest BCUT2D eigenvalue weighted by atomic mass is 16.1. The molecule has 0 aliphatic carbocycles. The van der Waals surface area contributed by atoms with Gasteiger partial charge in [0.1, 0.15) is 0 Å². The molecule has 1 rings (SSSR count). The number of amides is 1. The molecule has 0 spiro atoms. The lowest BCUT2D eigenvalue weighted by atomic mass is 10.0. The Kier molecular flexibility index (Phi) is 7.28. The van der Waals surface area contributed by atoms with Crippen LogP contribution in [0.4, 0.5) is 0 Å². The molecule has 106 valence electrons. The Morgan fingerprint density at radius 1 is 1.44 bits per heavy atom. The van der Waals surface area contributed by atoms with E-state index in [1.54, 1.807) is 0 Å². The number of rotatable bonds is 7. The molecule has 1 amide bonds. The summed E-state index contributed by atoms with van der Waals surface area (Å²) in [6.45, 7) is 7.28. The van der Waals surface area contributed by atoms with E-state index in [2.05, 4.69) is 36.4 Å². The van der Waals surface area contributed by atoms with E-state index in [9.17, 15) is 4.79 Å². The molecule has 1 unspecified atom stereocenters. The molecule has 1 saturated heterocycles. The number of carbonyl (C=O) groups is 1. The van der Waals surface area contributed by atoms with Gasteiger partial charge in [0.2, 0.25) is 5.91 Å². The number of nitrogens with zero attached hydrogens (tertiary/aromatic N) is 1. The minimum absolute atomic E-state index is 0.196. The largest absolute Gasteiger partial charge is 0.356 e. The van der Waals surface area contributed by atoms with E-state index in [1.165, 1.54) is 12.8 Å². The highest BCUT2D eigenvalue weighted by Gasteiger charge is 2.15. The number of hydrogen-bond acceptors (Lipinski definition) is 3. The zero-order valence-electron chi connectivity index (χ0n) is 12.2. The van der Waals surface area contributed by atoms with Gasteiger partial charge in [0.25, 0.3) is 0 Å². The van der Waals surface area contributed by atoms with Gasteiger partial charge in [-0.1, -0.05) is 6.42 Å². The molecule has 1 fully saturated rings. The van der Waals surface area contributed by atoms with E-state index in [4.69, 9.17) is 0 Å². The van der Waals surface area contributed by atoms with Gasteiger partial charge in [0, 0.05) is 25.0 Å². The van der Waals surface area contributed by atoms with Crippen molar-refractivity contribution in [2.24, 2.45) is 0 Å². The van der Waals surface area contributed by atoms with Gasteiger partial charge in [-0.15, -0.1) is 0 Å². The Morgan fingerprint density at radius 2 is 2.22 bits per heavy atom. The van der Waals surface area contributed by atoms with Crippen LogP contribution in [-0.2, 0) is 4.79 Å². The zero-order chi connectivity index (χ0) is 13.4. The van der Waals surface area contributed by atoms with Crippen LogP contribution in [0.1, 0.15) is 46.0 Å². The molecule has 0 saturated carbocycles. The van der Waals surface area contributed by atoms with Gasteiger partial charge in [0.05, 0.1) is 0 Å². The predicted molar refractivity (Wildman–Crippen MR) is 75.7 cm³/mol. The van der Waals surface area contributed by atoms with Crippen molar-refractivity contribution >= 4 is 5.91 Å². The predicted octanol–water partition coefficient (Wildman–Crippen LogP) is 1.37. The summed E-state index contributed by atoms with van der Waals surface area (Å²) in [5.41, 5.74) is 0. The average Bonchev–Trinajstić information content (AvgIpc) is 2.35. The van der Waals surface area contributed by atoms with Crippen LogP contribution in [0, 0.1) is 0 Å². The summed E-state index contributed by atoms with van der Waals surface area (Å²) in [5.74, 6) is 0.196. The van der Waals surface area contributed by atoms with Crippen LogP contribution in [0.15, 0.2) is 0 Å². The average molecular weight is 255 g/mol. The van der Waals surface area contributed by atoms with Crippen LogP contribution in [0.3, 0.4) is 0 Å². The van der Waals surface area contributed by atoms with Crippen LogP contribution in [0.2, 0.25) is 0 Å². The second kappa shape index (κ2) is 8.48. The zero-order valence-corrected chi connectivity index (χ0v) is 12.2.